The zero-order valence-corrected chi connectivity index (χ0v) is 15.9. The van der Waals surface area contributed by atoms with Gasteiger partial charge in [0.1, 0.15) is 24.0 Å². The summed E-state index contributed by atoms with van der Waals surface area (Å²) in [4.78, 5) is 28.3. The number of H-pyrrole nitrogens is 2. The number of halogens is 1. The molecule has 0 aromatic carbocycles. The van der Waals surface area contributed by atoms with Gasteiger partial charge >= 0.3 is 0 Å². The van der Waals surface area contributed by atoms with Gasteiger partial charge in [-0.3, -0.25) is 4.79 Å². The van der Waals surface area contributed by atoms with E-state index < -0.39 is 12.2 Å². The molecule has 0 saturated carbocycles. The molecule has 1 fully saturated rings. The van der Waals surface area contributed by atoms with E-state index in [1.54, 1.807) is 23.5 Å². The number of amides is 1. The van der Waals surface area contributed by atoms with Crippen LogP contribution >= 0.6 is 0 Å². The van der Waals surface area contributed by atoms with Gasteiger partial charge in [-0.05, 0) is 19.1 Å². The normalized spacial score (nSPS) is 21.4. The summed E-state index contributed by atoms with van der Waals surface area (Å²) in [6.45, 7) is 5.61. The van der Waals surface area contributed by atoms with E-state index in [2.05, 4.69) is 43.7 Å². The number of hydrogen-bond donors (Lipinski definition) is 3. The third-order valence-electron chi connectivity index (χ3n) is 5.12. The predicted octanol–water partition coefficient (Wildman–Crippen LogP) is 2.61. The number of aromatic nitrogens is 4. The first-order valence-corrected chi connectivity index (χ1v) is 9.37. The molecule has 3 N–H and O–H groups in total. The Bertz CT molecular complexity index is 1090. The van der Waals surface area contributed by atoms with Crippen LogP contribution in [0.15, 0.2) is 43.6 Å². The maximum Gasteiger partial charge on any atom is 0.246 e. The number of carbonyl (C=O) groups excluding carboxylic acids is 1. The highest BCUT2D eigenvalue weighted by Crippen LogP contribution is 2.27. The maximum atomic E-state index is 14.8. The molecule has 0 unspecified atom stereocenters. The smallest absolute Gasteiger partial charge is 0.246 e. The van der Waals surface area contributed by atoms with Crippen LogP contribution in [0.3, 0.4) is 0 Å². The average Bonchev–Trinajstić information content (AvgIpc) is 3.38. The first kappa shape index (κ1) is 18.7. The summed E-state index contributed by atoms with van der Waals surface area (Å²) in [6, 6.07) is 1.10. The summed E-state index contributed by atoms with van der Waals surface area (Å²) in [5, 5.41) is 3.87. The highest BCUT2D eigenvalue weighted by Gasteiger charge is 2.35. The number of carbonyl (C=O) groups is 1. The lowest BCUT2D eigenvalue weighted by atomic mass is 9.97. The molecule has 1 aliphatic heterocycles. The molecule has 3 aromatic rings. The van der Waals surface area contributed by atoms with Gasteiger partial charge in [0.2, 0.25) is 5.91 Å². The molecule has 0 radical (unpaired) electrons. The molecule has 0 bridgehead atoms. The molecule has 148 valence electrons. The number of anilines is 1. The Hall–Kier alpha value is -3.60. The average molecular weight is 392 g/mol. The molecule has 3 aromatic heterocycles. The Morgan fingerprint density at radius 3 is 3.03 bits per heavy atom. The standard InChI is InChI=1S/C21H21FN6O/c1-3-18(29)28-11-17(16(22)8-13(28)2)27-21-19-15(5-4-14-6-7-23-9-14)10-24-20(19)25-12-26-21/h3,6-7,9-10,12-13,16-17,23H,1,8,11H2,2H3,(H2,24,25,26,27)/t13-,16-,17-/m0/s1. The van der Waals surface area contributed by atoms with Gasteiger partial charge in [0.05, 0.1) is 17.0 Å². The highest BCUT2D eigenvalue weighted by molar-refractivity contribution is 5.93. The van der Waals surface area contributed by atoms with Crippen LogP contribution in [-0.2, 0) is 4.79 Å². The van der Waals surface area contributed by atoms with Gasteiger partial charge < -0.3 is 20.2 Å². The van der Waals surface area contributed by atoms with Crippen LogP contribution in [0.1, 0.15) is 24.5 Å². The van der Waals surface area contributed by atoms with Crippen molar-refractivity contribution in [3.8, 4) is 11.8 Å². The van der Waals surface area contributed by atoms with Gasteiger partial charge in [-0.1, -0.05) is 18.4 Å². The van der Waals surface area contributed by atoms with Crippen LogP contribution in [0, 0.1) is 11.8 Å². The molecule has 29 heavy (non-hydrogen) atoms. The topological polar surface area (TPSA) is 89.7 Å². The molecule has 0 aliphatic carbocycles. The van der Waals surface area contributed by atoms with E-state index in [1.165, 1.54) is 12.4 Å². The van der Waals surface area contributed by atoms with Gasteiger partial charge in [0, 0.05) is 43.2 Å². The zero-order chi connectivity index (χ0) is 20.4. The Kier molecular flexibility index (Phi) is 5.04. The van der Waals surface area contributed by atoms with Crippen molar-refractivity contribution in [1.82, 2.24) is 24.8 Å². The second-order valence-corrected chi connectivity index (χ2v) is 7.04. The second-order valence-electron chi connectivity index (χ2n) is 7.04. The summed E-state index contributed by atoms with van der Waals surface area (Å²) >= 11 is 0. The molecule has 4 heterocycles. The number of likely N-dealkylation sites (tertiary alicyclic amines) is 1. The Morgan fingerprint density at radius 1 is 1.41 bits per heavy atom. The maximum absolute atomic E-state index is 14.8. The number of nitrogens with one attached hydrogen (secondary N) is 3. The first-order chi connectivity index (χ1) is 14.1. The SMILES string of the molecule is C=CC(=O)N1C[C@H](Nc2ncnc3[nH]cc(C#Cc4cc[nH]c4)c23)[C@@H](F)C[C@@H]1C. The van der Waals surface area contributed by atoms with Crippen LogP contribution in [0.25, 0.3) is 11.0 Å². The minimum Gasteiger partial charge on any atom is -0.367 e. The lowest BCUT2D eigenvalue weighted by Crippen LogP contribution is -2.54. The number of fused-ring (bicyclic) bond motifs is 1. The molecule has 1 aliphatic rings. The third kappa shape index (κ3) is 3.72. The number of hydrogen-bond acceptors (Lipinski definition) is 4. The summed E-state index contributed by atoms with van der Waals surface area (Å²) in [6.07, 6.45) is 7.17. The van der Waals surface area contributed by atoms with Gasteiger partial charge in [-0.2, -0.15) is 0 Å². The monoisotopic (exact) mass is 392 g/mol. The summed E-state index contributed by atoms with van der Waals surface area (Å²) in [5.41, 5.74) is 2.18. The lowest BCUT2D eigenvalue weighted by molar-refractivity contribution is -0.130. The molecule has 4 rings (SSSR count). The van der Waals surface area contributed by atoms with Crippen molar-refractivity contribution in [2.24, 2.45) is 0 Å². The van der Waals surface area contributed by atoms with Crippen molar-refractivity contribution >= 4 is 22.8 Å². The molecule has 3 atom stereocenters. The van der Waals surface area contributed by atoms with Crippen molar-refractivity contribution < 1.29 is 9.18 Å². The van der Waals surface area contributed by atoms with Gasteiger partial charge in [0.15, 0.2) is 0 Å². The van der Waals surface area contributed by atoms with Gasteiger partial charge in [-0.25, -0.2) is 14.4 Å². The van der Waals surface area contributed by atoms with Crippen LogP contribution < -0.4 is 5.32 Å². The van der Waals surface area contributed by atoms with E-state index in [0.29, 0.717) is 22.4 Å². The highest BCUT2D eigenvalue weighted by atomic mass is 19.1. The van der Waals surface area contributed by atoms with E-state index in [1.807, 2.05) is 13.0 Å². The van der Waals surface area contributed by atoms with Gasteiger partial charge in [-0.15, -0.1) is 0 Å². The number of alkyl halides is 1. The molecule has 7 nitrogen and oxygen atoms in total. The van der Waals surface area contributed by atoms with E-state index in [-0.39, 0.29) is 24.9 Å². The molecule has 0 spiro atoms. The number of nitrogens with zero attached hydrogens (tertiary/aromatic N) is 3. The van der Waals surface area contributed by atoms with E-state index in [4.69, 9.17) is 0 Å². The quantitative estimate of drug-likeness (QED) is 0.472. The summed E-state index contributed by atoms with van der Waals surface area (Å²) in [5.74, 6) is 6.46. The molecular formula is C21H21FN6O. The fourth-order valence-electron chi connectivity index (χ4n) is 3.57. The Labute approximate surface area is 167 Å². The van der Waals surface area contributed by atoms with Crippen LogP contribution in [0.5, 0.6) is 0 Å². The van der Waals surface area contributed by atoms with Crippen molar-refractivity contribution in [2.75, 3.05) is 11.9 Å². The Morgan fingerprint density at radius 2 is 2.28 bits per heavy atom. The largest absolute Gasteiger partial charge is 0.367 e. The van der Waals surface area contributed by atoms with E-state index in [0.717, 1.165) is 5.56 Å². The molecule has 1 saturated heterocycles. The molecule has 8 heteroatoms. The number of rotatable bonds is 3. The summed E-state index contributed by atoms with van der Waals surface area (Å²) < 4.78 is 14.8. The zero-order valence-electron chi connectivity index (χ0n) is 15.9. The van der Waals surface area contributed by atoms with Crippen LogP contribution in [0.4, 0.5) is 10.2 Å². The number of aromatic amines is 2. The van der Waals surface area contributed by atoms with Gasteiger partial charge in [0.25, 0.3) is 0 Å². The minimum absolute atomic E-state index is 0.186. The fourth-order valence-corrected chi connectivity index (χ4v) is 3.57. The lowest BCUT2D eigenvalue weighted by Gasteiger charge is -2.40. The van der Waals surface area contributed by atoms with E-state index >= 15 is 0 Å². The molecular weight excluding hydrogens is 371 g/mol. The van der Waals surface area contributed by atoms with Crippen LogP contribution in [-0.4, -0.2) is 55.5 Å². The molecule has 1 amide bonds. The third-order valence-corrected chi connectivity index (χ3v) is 5.12. The number of piperidine rings is 1. The first-order valence-electron chi connectivity index (χ1n) is 9.37. The minimum atomic E-state index is -1.11. The fraction of sp³-hybridized carbons (Fsp3) is 0.286. The van der Waals surface area contributed by atoms with Crippen molar-refractivity contribution in [3.05, 3.63) is 54.8 Å². The summed E-state index contributed by atoms with van der Waals surface area (Å²) in [7, 11) is 0. The predicted molar refractivity (Wildman–Crippen MR) is 109 cm³/mol. The Balaban J connectivity index is 1.64. The van der Waals surface area contributed by atoms with Crippen molar-refractivity contribution in [2.45, 2.75) is 31.6 Å². The van der Waals surface area contributed by atoms with Crippen molar-refractivity contribution in [1.29, 1.82) is 0 Å². The van der Waals surface area contributed by atoms with Crippen LogP contribution in [0.2, 0.25) is 0 Å². The van der Waals surface area contributed by atoms with E-state index in [9.17, 15) is 9.18 Å². The van der Waals surface area contributed by atoms with Crippen molar-refractivity contribution in [3.63, 3.8) is 0 Å². The second kappa shape index (κ2) is 7.80.